The van der Waals surface area contributed by atoms with E-state index in [4.69, 9.17) is 5.11 Å². The minimum Gasteiger partial charge on any atom is -0.394 e. The molecule has 0 saturated heterocycles. The fourth-order valence-corrected chi connectivity index (χ4v) is 1.70. The van der Waals surface area contributed by atoms with E-state index in [2.05, 4.69) is 0 Å². The molecule has 1 aromatic heterocycles. The predicted octanol–water partition coefficient (Wildman–Crippen LogP) is 0.355. The van der Waals surface area contributed by atoms with Crippen LogP contribution in [-0.4, -0.2) is 27.5 Å². The third-order valence-corrected chi connectivity index (χ3v) is 2.50. The molecule has 1 unspecified atom stereocenters. The second-order valence-electron chi connectivity index (χ2n) is 3.69. The first-order chi connectivity index (χ1) is 7.72. The van der Waals surface area contributed by atoms with Gasteiger partial charge in [-0.1, -0.05) is 12.1 Å². The number of hydrogen-bond acceptors (Lipinski definition) is 3. The van der Waals surface area contributed by atoms with Crippen LogP contribution in [0.25, 0.3) is 10.9 Å². The summed E-state index contributed by atoms with van der Waals surface area (Å²) in [6.45, 7) is -0.0161. The minimum absolute atomic E-state index is 0.0367. The van der Waals surface area contributed by atoms with Gasteiger partial charge in [-0.3, -0.25) is 4.79 Å². The van der Waals surface area contributed by atoms with Crippen LogP contribution in [0.1, 0.15) is 0 Å². The minimum atomic E-state index is -0.814. The molecule has 0 amide bonds. The quantitative estimate of drug-likeness (QED) is 0.783. The van der Waals surface area contributed by atoms with E-state index in [1.54, 1.807) is 22.9 Å². The number of aromatic nitrogens is 1. The van der Waals surface area contributed by atoms with E-state index in [9.17, 15) is 9.90 Å². The molecule has 16 heavy (non-hydrogen) atoms. The molecule has 2 N–H and O–H groups in total. The molecule has 0 fully saturated rings. The standard InChI is InChI=1S/C12H13NO3/c14-8-9(15)7-13-6-5-12(16)10-3-1-2-4-11(10)13/h1-6,9,14-15H,7-8H2. The first-order valence-corrected chi connectivity index (χ1v) is 5.09. The number of hydrogen-bond donors (Lipinski definition) is 2. The van der Waals surface area contributed by atoms with Crippen LogP contribution >= 0.6 is 0 Å². The van der Waals surface area contributed by atoms with Crippen LogP contribution < -0.4 is 5.43 Å². The average Bonchev–Trinajstić information content (AvgIpc) is 2.33. The third kappa shape index (κ3) is 1.98. The van der Waals surface area contributed by atoms with Crippen molar-refractivity contribution < 1.29 is 10.2 Å². The Kier molecular flexibility index (Phi) is 3.03. The molecule has 4 nitrogen and oxygen atoms in total. The highest BCUT2D eigenvalue weighted by Crippen LogP contribution is 2.09. The Morgan fingerprint density at radius 2 is 2.00 bits per heavy atom. The van der Waals surface area contributed by atoms with Crippen molar-refractivity contribution >= 4 is 10.9 Å². The average molecular weight is 219 g/mol. The van der Waals surface area contributed by atoms with Gasteiger partial charge < -0.3 is 14.8 Å². The van der Waals surface area contributed by atoms with Crippen molar-refractivity contribution in [1.29, 1.82) is 0 Å². The molecular formula is C12H13NO3. The van der Waals surface area contributed by atoms with Gasteiger partial charge in [-0.15, -0.1) is 0 Å². The zero-order valence-corrected chi connectivity index (χ0v) is 8.71. The van der Waals surface area contributed by atoms with Crippen molar-refractivity contribution in [2.75, 3.05) is 6.61 Å². The molecule has 4 heteroatoms. The molecule has 0 spiro atoms. The van der Waals surface area contributed by atoms with Crippen LogP contribution in [0.2, 0.25) is 0 Å². The van der Waals surface area contributed by atoms with E-state index in [1.807, 2.05) is 12.1 Å². The highest BCUT2D eigenvalue weighted by atomic mass is 16.3. The van der Waals surface area contributed by atoms with Crippen LogP contribution in [0, 0.1) is 0 Å². The predicted molar refractivity (Wildman–Crippen MR) is 61.3 cm³/mol. The summed E-state index contributed by atoms with van der Waals surface area (Å²) in [4.78, 5) is 11.6. The number of fused-ring (bicyclic) bond motifs is 1. The Labute approximate surface area is 92.4 Å². The lowest BCUT2D eigenvalue weighted by Gasteiger charge is -2.13. The van der Waals surface area contributed by atoms with Gasteiger partial charge in [0.15, 0.2) is 5.43 Å². The summed E-state index contributed by atoms with van der Waals surface area (Å²) in [6.07, 6.45) is 0.815. The van der Waals surface area contributed by atoms with Crippen molar-refractivity contribution in [3.8, 4) is 0 Å². The Bertz CT molecular complexity index is 547. The van der Waals surface area contributed by atoms with Gasteiger partial charge in [0.1, 0.15) is 0 Å². The molecule has 1 atom stereocenters. The van der Waals surface area contributed by atoms with Crippen LogP contribution in [0.3, 0.4) is 0 Å². The Balaban J connectivity index is 2.54. The second kappa shape index (κ2) is 4.47. The summed E-state index contributed by atoms with van der Waals surface area (Å²) in [5.74, 6) is 0. The van der Waals surface area contributed by atoms with Crippen LogP contribution in [0.4, 0.5) is 0 Å². The molecule has 2 aromatic rings. The van der Waals surface area contributed by atoms with E-state index in [1.165, 1.54) is 6.07 Å². The van der Waals surface area contributed by atoms with Gasteiger partial charge in [-0.25, -0.2) is 0 Å². The third-order valence-electron chi connectivity index (χ3n) is 2.50. The maximum atomic E-state index is 11.6. The number of rotatable bonds is 3. The van der Waals surface area contributed by atoms with Crippen molar-refractivity contribution in [1.82, 2.24) is 4.57 Å². The van der Waals surface area contributed by atoms with Crippen molar-refractivity contribution in [3.05, 3.63) is 46.8 Å². The highest BCUT2D eigenvalue weighted by Gasteiger charge is 2.06. The lowest BCUT2D eigenvalue weighted by atomic mass is 10.2. The molecule has 1 heterocycles. The number of benzene rings is 1. The molecule has 0 aliphatic carbocycles. The number of para-hydroxylation sites is 1. The fraction of sp³-hybridized carbons (Fsp3) is 0.250. The van der Waals surface area contributed by atoms with Crippen LogP contribution in [0.5, 0.6) is 0 Å². The first-order valence-electron chi connectivity index (χ1n) is 5.09. The SMILES string of the molecule is O=c1ccn(CC(O)CO)c2ccccc12. The van der Waals surface area contributed by atoms with Gasteiger partial charge in [0.25, 0.3) is 0 Å². The Morgan fingerprint density at radius 1 is 1.25 bits per heavy atom. The van der Waals surface area contributed by atoms with Crippen molar-refractivity contribution in [3.63, 3.8) is 0 Å². The van der Waals surface area contributed by atoms with Crippen LogP contribution in [0.15, 0.2) is 41.3 Å². The van der Waals surface area contributed by atoms with E-state index in [-0.39, 0.29) is 18.6 Å². The number of pyridine rings is 1. The normalized spacial score (nSPS) is 12.9. The number of aliphatic hydroxyl groups excluding tert-OH is 2. The van der Waals surface area contributed by atoms with E-state index >= 15 is 0 Å². The van der Waals surface area contributed by atoms with Gasteiger partial charge in [-0.05, 0) is 12.1 Å². The monoisotopic (exact) mass is 219 g/mol. The van der Waals surface area contributed by atoms with Gasteiger partial charge in [0, 0.05) is 17.6 Å². The van der Waals surface area contributed by atoms with E-state index < -0.39 is 6.10 Å². The summed E-state index contributed by atoms with van der Waals surface area (Å²) in [7, 11) is 0. The van der Waals surface area contributed by atoms with Gasteiger partial charge in [0.05, 0.1) is 24.8 Å². The molecule has 2 rings (SSSR count). The molecule has 0 aliphatic heterocycles. The fourth-order valence-electron chi connectivity index (χ4n) is 1.70. The summed E-state index contributed by atoms with van der Waals surface area (Å²) in [6, 6.07) is 8.67. The highest BCUT2D eigenvalue weighted by molar-refractivity contribution is 5.78. The first kappa shape index (κ1) is 10.9. The molecule has 0 aliphatic rings. The molecule has 0 bridgehead atoms. The summed E-state index contributed by atoms with van der Waals surface area (Å²) in [5.41, 5.74) is 0.729. The van der Waals surface area contributed by atoms with Crippen molar-refractivity contribution in [2.45, 2.75) is 12.6 Å². The Hall–Kier alpha value is -1.65. The van der Waals surface area contributed by atoms with Gasteiger partial charge in [0.2, 0.25) is 0 Å². The molecule has 84 valence electrons. The zero-order chi connectivity index (χ0) is 11.5. The molecule has 1 aromatic carbocycles. The molecule has 0 radical (unpaired) electrons. The topological polar surface area (TPSA) is 62.5 Å². The smallest absolute Gasteiger partial charge is 0.189 e. The maximum absolute atomic E-state index is 11.6. The van der Waals surface area contributed by atoms with E-state index in [0.717, 1.165) is 5.52 Å². The number of nitrogens with zero attached hydrogens (tertiary/aromatic N) is 1. The zero-order valence-electron chi connectivity index (χ0n) is 8.71. The number of aliphatic hydroxyl groups is 2. The van der Waals surface area contributed by atoms with Crippen LogP contribution in [-0.2, 0) is 6.54 Å². The second-order valence-corrected chi connectivity index (χ2v) is 3.69. The van der Waals surface area contributed by atoms with E-state index in [0.29, 0.717) is 5.39 Å². The lowest BCUT2D eigenvalue weighted by Crippen LogP contribution is -2.21. The summed E-state index contributed by atoms with van der Waals surface area (Å²) in [5, 5.41) is 18.8. The summed E-state index contributed by atoms with van der Waals surface area (Å²) < 4.78 is 1.76. The largest absolute Gasteiger partial charge is 0.394 e. The Morgan fingerprint density at radius 3 is 2.75 bits per heavy atom. The van der Waals surface area contributed by atoms with Crippen molar-refractivity contribution in [2.24, 2.45) is 0 Å². The van der Waals surface area contributed by atoms with Gasteiger partial charge in [-0.2, -0.15) is 0 Å². The maximum Gasteiger partial charge on any atom is 0.189 e. The molecular weight excluding hydrogens is 206 g/mol. The lowest BCUT2D eigenvalue weighted by molar-refractivity contribution is 0.0821. The summed E-state index contributed by atoms with van der Waals surface area (Å²) >= 11 is 0. The molecule has 0 saturated carbocycles. The van der Waals surface area contributed by atoms with Gasteiger partial charge >= 0.3 is 0 Å².